The summed E-state index contributed by atoms with van der Waals surface area (Å²) in [5, 5.41) is 0.633. The lowest BCUT2D eigenvalue weighted by atomic mass is 9.99. The number of ether oxygens (including phenoxy) is 1. The van der Waals surface area contributed by atoms with Gasteiger partial charge in [-0.2, -0.15) is 0 Å². The van der Waals surface area contributed by atoms with Gasteiger partial charge in [0.25, 0.3) is 5.91 Å². The minimum absolute atomic E-state index is 0.331. The van der Waals surface area contributed by atoms with Gasteiger partial charge in [-0.3, -0.25) is 14.5 Å². The third-order valence-corrected chi connectivity index (χ3v) is 7.97. The fourth-order valence-electron chi connectivity index (χ4n) is 4.57. The van der Waals surface area contributed by atoms with Crippen LogP contribution >= 0.6 is 23.4 Å². The molecule has 5 rings (SSSR count). The van der Waals surface area contributed by atoms with Crippen molar-refractivity contribution < 1.29 is 14.3 Å². The number of methoxy groups -OCH3 is 1. The van der Waals surface area contributed by atoms with E-state index in [0.29, 0.717) is 21.8 Å². The van der Waals surface area contributed by atoms with Crippen molar-refractivity contribution in [2.45, 2.75) is 23.4 Å². The van der Waals surface area contributed by atoms with Gasteiger partial charge in [0.05, 0.1) is 18.2 Å². The number of H-pyrrole nitrogens is 1. The second kappa shape index (κ2) is 11.4. The number of benzene rings is 3. The number of primary amides is 1. The molecule has 38 heavy (non-hydrogen) atoms. The summed E-state index contributed by atoms with van der Waals surface area (Å²) in [6, 6.07) is 21.2. The van der Waals surface area contributed by atoms with Crippen LogP contribution in [-0.4, -0.2) is 46.9 Å². The first kappa shape index (κ1) is 26.0. The molecule has 1 aliphatic heterocycles. The van der Waals surface area contributed by atoms with Crippen LogP contribution in [0.1, 0.15) is 38.7 Å². The molecule has 0 saturated carbocycles. The largest absolute Gasteiger partial charge is 0.468 e. The van der Waals surface area contributed by atoms with Crippen LogP contribution in [0, 0.1) is 0 Å². The van der Waals surface area contributed by atoms with E-state index in [1.807, 2.05) is 42.5 Å². The molecule has 0 bridgehead atoms. The monoisotopic (exact) mass is 546 g/mol. The van der Waals surface area contributed by atoms with E-state index < -0.39 is 11.2 Å². The first-order chi connectivity index (χ1) is 18.4. The summed E-state index contributed by atoms with van der Waals surface area (Å²) in [5.41, 5.74) is 11.5. The van der Waals surface area contributed by atoms with Crippen molar-refractivity contribution in [3.05, 3.63) is 100 Å². The number of hydrogen-bond donors (Lipinski definition) is 2. The van der Waals surface area contributed by atoms with Gasteiger partial charge < -0.3 is 15.5 Å². The number of thioether (sulfide) groups is 1. The number of amides is 1. The Morgan fingerprint density at radius 1 is 1.13 bits per heavy atom. The van der Waals surface area contributed by atoms with Crippen molar-refractivity contribution >= 4 is 51.8 Å². The summed E-state index contributed by atoms with van der Waals surface area (Å²) >= 11 is 7.26. The van der Waals surface area contributed by atoms with Gasteiger partial charge >= 0.3 is 5.97 Å². The molecule has 0 aliphatic carbocycles. The quantitative estimate of drug-likeness (QED) is 0.220. The molecule has 0 radical (unpaired) electrons. The zero-order chi connectivity index (χ0) is 26.6. The summed E-state index contributed by atoms with van der Waals surface area (Å²) in [6.07, 6.45) is 3.26. The number of rotatable bonds is 8. The summed E-state index contributed by atoms with van der Waals surface area (Å²) < 4.78 is 5.08. The molecule has 0 saturated heterocycles. The van der Waals surface area contributed by atoms with Crippen molar-refractivity contribution in [3.63, 3.8) is 0 Å². The van der Waals surface area contributed by atoms with E-state index in [2.05, 4.69) is 33.1 Å². The van der Waals surface area contributed by atoms with E-state index >= 15 is 0 Å². The number of nitrogens with zero attached hydrogens (tertiary/aromatic N) is 2. The van der Waals surface area contributed by atoms with Gasteiger partial charge in [-0.05, 0) is 52.9 Å². The standard InChI is InChI=1S/C29H27ClN4O3S/c1-37-28(36)26(38-29-32-24-4-2-3-23(27(31)35)25(24)33-29)21-7-5-18(6-8-21)17-34-15-13-20(14-16-34)19-9-11-22(30)12-10-19/h2-13,26H,14-17H2,1H3,(H2,31,35)(H,32,33). The fraction of sp³-hybridized carbons (Fsp3) is 0.207. The maximum absolute atomic E-state index is 12.7. The Bertz CT molecular complexity index is 1500. The molecular weight excluding hydrogens is 520 g/mol. The summed E-state index contributed by atoms with van der Waals surface area (Å²) in [7, 11) is 1.37. The minimum Gasteiger partial charge on any atom is -0.468 e. The number of para-hydroxylation sites is 1. The van der Waals surface area contributed by atoms with Crippen LogP contribution < -0.4 is 5.73 Å². The van der Waals surface area contributed by atoms with Gasteiger partial charge in [-0.15, -0.1) is 0 Å². The first-order valence-electron chi connectivity index (χ1n) is 12.2. The number of imidazole rings is 1. The molecule has 1 atom stereocenters. The highest BCUT2D eigenvalue weighted by Gasteiger charge is 2.25. The Labute approximate surface area is 230 Å². The van der Waals surface area contributed by atoms with E-state index in [0.717, 1.165) is 36.6 Å². The molecule has 1 amide bonds. The van der Waals surface area contributed by atoms with Crippen LogP contribution in [0.4, 0.5) is 0 Å². The highest BCUT2D eigenvalue weighted by Crippen LogP contribution is 2.36. The van der Waals surface area contributed by atoms with Crippen molar-refractivity contribution in [1.29, 1.82) is 0 Å². The number of nitrogens with one attached hydrogen (secondary N) is 1. The van der Waals surface area contributed by atoms with Crippen LogP contribution in [-0.2, 0) is 16.1 Å². The molecule has 3 aromatic carbocycles. The van der Waals surface area contributed by atoms with E-state index in [4.69, 9.17) is 22.1 Å². The maximum atomic E-state index is 12.7. The first-order valence-corrected chi connectivity index (χ1v) is 13.5. The van der Waals surface area contributed by atoms with E-state index in [1.165, 1.54) is 35.6 Å². The van der Waals surface area contributed by atoms with Crippen LogP contribution in [0.5, 0.6) is 0 Å². The minimum atomic E-state index is -0.619. The number of carbonyl (C=O) groups excluding carboxylic acids is 2. The van der Waals surface area contributed by atoms with E-state index in [-0.39, 0.29) is 5.97 Å². The molecule has 4 aromatic rings. The van der Waals surface area contributed by atoms with Crippen LogP contribution in [0.25, 0.3) is 16.6 Å². The lowest BCUT2D eigenvalue weighted by Crippen LogP contribution is -2.28. The molecule has 0 spiro atoms. The predicted octanol–water partition coefficient (Wildman–Crippen LogP) is 5.61. The Morgan fingerprint density at radius 3 is 2.55 bits per heavy atom. The molecule has 194 valence electrons. The molecule has 7 nitrogen and oxygen atoms in total. The molecule has 0 fully saturated rings. The number of carbonyl (C=O) groups is 2. The molecular formula is C29H27ClN4O3S. The van der Waals surface area contributed by atoms with Crippen molar-refractivity contribution in [1.82, 2.24) is 14.9 Å². The number of aromatic nitrogens is 2. The van der Waals surface area contributed by atoms with E-state index in [1.54, 1.807) is 12.1 Å². The highest BCUT2D eigenvalue weighted by atomic mass is 35.5. The Hall–Kier alpha value is -3.59. The van der Waals surface area contributed by atoms with Crippen molar-refractivity contribution in [3.8, 4) is 0 Å². The average molecular weight is 547 g/mol. The third kappa shape index (κ3) is 5.78. The number of fused-ring (bicyclic) bond motifs is 1. The predicted molar refractivity (Wildman–Crippen MR) is 151 cm³/mol. The van der Waals surface area contributed by atoms with Crippen molar-refractivity contribution in [2.24, 2.45) is 5.73 Å². The Balaban J connectivity index is 1.28. The van der Waals surface area contributed by atoms with Crippen molar-refractivity contribution in [2.75, 3.05) is 20.2 Å². The lowest BCUT2D eigenvalue weighted by molar-refractivity contribution is -0.140. The molecule has 1 aromatic heterocycles. The van der Waals surface area contributed by atoms with Gasteiger partial charge in [0.2, 0.25) is 0 Å². The summed E-state index contributed by atoms with van der Waals surface area (Å²) in [6.45, 7) is 2.66. The molecule has 3 N–H and O–H groups in total. The number of esters is 1. The van der Waals surface area contributed by atoms with Crippen LogP contribution in [0.15, 0.2) is 78.0 Å². The SMILES string of the molecule is COC(=O)C(Sc1nc2c(C(N)=O)cccc2[nH]1)c1ccc(CN2CC=C(c3ccc(Cl)cc3)CC2)cc1. The number of halogens is 1. The lowest BCUT2D eigenvalue weighted by Gasteiger charge is -2.26. The van der Waals surface area contributed by atoms with Crippen LogP contribution in [0.3, 0.4) is 0 Å². The smallest absolute Gasteiger partial charge is 0.323 e. The van der Waals surface area contributed by atoms with Crippen LogP contribution in [0.2, 0.25) is 5.02 Å². The Kier molecular flexibility index (Phi) is 7.83. The second-order valence-corrected chi connectivity index (χ2v) is 10.6. The fourth-order valence-corrected chi connectivity index (χ4v) is 5.72. The molecule has 2 heterocycles. The molecule has 1 aliphatic rings. The van der Waals surface area contributed by atoms with Gasteiger partial charge in [0.1, 0.15) is 10.8 Å². The van der Waals surface area contributed by atoms with E-state index in [9.17, 15) is 9.59 Å². The average Bonchev–Trinajstić information content (AvgIpc) is 3.35. The second-order valence-electron chi connectivity index (χ2n) is 9.09. The zero-order valence-corrected chi connectivity index (χ0v) is 22.4. The summed E-state index contributed by atoms with van der Waals surface area (Å²) in [4.78, 5) is 34.5. The maximum Gasteiger partial charge on any atom is 0.323 e. The third-order valence-electron chi connectivity index (χ3n) is 6.60. The van der Waals surface area contributed by atoms with Gasteiger partial charge in [-0.25, -0.2) is 4.98 Å². The van der Waals surface area contributed by atoms with Gasteiger partial charge in [0.15, 0.2) is 5.16 Å². The van der Waals surface area contributed by atoms with Gasteiger partial charge in [-0.1, -0.05) is 71.9 Å². The molecule has 9 heteroatoms. The number of nitrogens with two attached hydrogens (primary N) is 1. The highest BCUT2D eigenvalue weighted by molar-refractivity contribution is 8.00. The Morgan fingerprint density at radius 2 is 1.89 bits per heavy atom. The summed E-state index contributed by atoms with van der Waals surface area (Å²) in [5.74, 6) is -0.932. The number of aromatic amines is 1. The number of hydrogen-bond acceptors (Lipinski definition) is 6. The zero-order valence-electron chi connectivity index (χ0n) is 20.8. The van der Waals surface area contributed by atoms with Gasteiger partial charge in [0, 0.05) is 24.7 Å². The molecule has 1 unspecified atom stereocenters. The normalized spacial score (nSPS) is 14.7. The topological polar surface area (TPSA) is 101 Å².